The van der Waals surface area contributed by atoms with Gasteiger partial charge in [-0.2, -0.15) is 18.2 Å². The summed E-state index contributed by atoms with van der Waals surface area (Å²) in [5.74, 6) is 0. The topological polar surface area (TPSA) is 38.5 Å². The molecule has 0 aromatic carbocycles. The van der Waals surface area contributed by atoms with Crippen LogP contribution in [0.3, 0.4) is 0 Å². The molecule has 0 radical (unpaired) electrons. The summed E-state index contributed by atoms with van der Waals surface area (Å²) in [5.41, 5.74) is 5.31. The van der Waals surface area contributed by atoms with Crippen molar-refractivity contribution in [2.45, 2.75) is 38.0 Å². The number of hydrogen-bond donors (Lipinski definition) is 1. The van der Waals surface area contributed by atoms with Crippen molar-refractivity contribution in [2.24, 2.45) is 5.73 Å². The first-order chi connectivity index (χ1) is 6.43. The zero-order valence-electron chi connectivity index (χ0n) is 8.05. The van der Waals surface area contributed by atoms with E-state index in [1.165, 1.54) is 6.92 Å². The average Bonchev–Trinajstić information content (AvgIpc) is 2.02. The van der Waals surface area contributed by atoms with Gasteiger partial charge in [-0.15, -0.1) is 0 Å². The van der Waals surface area contributed by atoms with Crippen LogP contribution in [-0.4, -0.2) is 36.5 Å². The highest BCUT2D eigenvalue weighted by atomic mass is 19.4. The van der Waals surface area contributed by atoms with Crippen LogP contribution in [0.15, 0.2) is 0 Å². The molecule has 6 heteroatoms. The Morgan fingerprint density at radius 3 is 2.36 bits per heavy atom. The summed E-state index contributed by atoms with van der Waals surface area (Å²) in [6.45, 7) is 1.99. The summed E-state index contributed by atoms with van der Waals surface area (Å²) in [7, 11) is 0. The van der Waals surface area contributed by atoms with Gasteiger partial charge in [0, 0.05) is 12.6 Å². The Bertz CT molecular complexity index is 178. The van der Waals surface area contributed by atoms with Gasteiger partial charge in [-0.1, -0.05) is 0 Å². The molecule has 0 aliphatic carbocycles. The molecule has 1 rings (SSSR count). The summed E-state index contributed by atoms with van der Waals surface area (Å²) < 4.78 is 37.7. The van der Waals surface area contributed by atoms with Crippen molar-refractivity contribution < 1.29 is 18.0 Å². The van der Waals surface area contributed by atoms with E-state index in [9.17, 15) is 13.2 Å². The Hall–Kier alpha value is -0.330. The van der Waals surface area contributed by atoms with Crippen molar-refractivity contribution in [3.63, 3.8) is 0 Å². The zero-order valence-corrected chi connectivity index (χ0v) is 8.05. The zero-order chi connectivity index (χ0) is 10.8. The van der Waals surface area contributed by atoms with Gasteiger partial charge in [0.25, 0.3) is 0 Å². The van der Waals surface area contributed by atoms with E-state index < -0.39 is 18.3 Å². The van der Waals surface area contributed by atoms with Crippen LogP contribution >= 0.6 is 0 Å². The van der Waals surface area contributed by atoms with Crippen LogP contribution in [0.5, 0.6) is 0 Å². The molecule has 3 nitrogen and oxygen atoms in total. The van der Waals surface area contributed by atoms with E-state index >= 15 is 0 Å². The predicted octanol–water partition coefficient (Wildman–Crippen LogP) is 1.29. The number of alkyl halides is 3. The SMILES string of the molecule is CC(N)C(N1CCCCO1)C(F)(F)F. The summed E-state index contributed by atoms with van der Waals surface area (Å²) in [5, 5.41) is 0.966. The van der Waals surface area contributed by atoms with E-state index in [0.717, 1.165) is 17.9 Å². The van der Waals surface area contributed by atoms with Gasteiger partial charge in [0.05, 0.1) is 6.61 Å². The van der Waals surface area contributed by atoms with Gasteiger partial charge in [0.1, 0.15) is 6.04 Å². The minimum Gasteiger partial charge on any atom is -0.326 e. The van der Waals surface area contributed by atoms with Crippen molar-refractivity contribution in [3.8, 4) is 0 Å². The highest BCUT2D eigenvalue weighted by Gasteiger charge is 2.47. The van der Waals surface area contributed by atoms with E-state index in [-0.39, 0.29) is 0 Å². The largest absolute Gasteiger partial charge is 0.407 e. The Labute approximate surface area is 81.0 Å². The van der Waals surface area contributed by atoms with Gasteiger partial charge in [-0.25, -0.2) is 0 Å². The molecule has 0 saturated carbocycles. The molecule has 84 valence electrons. The molecule has 0 aromatic rings. The number of nitrogens with two attached hydrogens (primary N) is 1. The van der Waals surface area contributed by atoms with Crippen molar-refractivity contribution in [1.29, 1.82) is 0 Å². The molecule has 0 bridgehead atoms. The minimum absolute atomic E-state index is 0.297. The molecule has 1 fully saturated rings. The maximum atomic E-state index is 12.6. The lowest BCUT2D eigenvalue weighted by molar-refractivity contribution is -0.288. The van der Waals surface area contributed by atoms with Crippen LogP contribution in [0.2, 0.25) is 0 Å². The van der Waals surface area contributed by atoms with Gasteiger partial charge in [-0.3, -0.25) is 4.84 Å². The first-order valence-electron chi connectivity index (χ1n) is 4.65. The normalized spacial score (nSPS) is 24.6. The van der Waals surface area contributed by atoms with Crippen LogP contribution in [0, 0.1) is 0 Å². The fourth-order valence-corrected chi connectivity index (χ4v) is 1.56. The van der Waals surface area contributed by atoms with Gasteiger partial charge in [0.2, 0.25) is 0 Å². The Morgan fingerprint density at radius 2 is 2.00 bits per heavy atom. The minimum atomic E-state index is -4.33. The van der Waals surface area contributed by atoms with E-state index in [1.807, 2.05) is 0 Å². The first kappa shape index (κ1) is 11.7. The first-order valence-corrected chi connectivity index (χ1v) is 4.65. The molecule has 14 heavy (non-hydrogen) atoms. The van der Waals surface area contributed by atoms with Gasteiger partial charge >= 0.3 is 6.18 Å². The molecule has 2 atom stereocenters. The molecular formula is C8H15F3N2O. The van der Waals surface area contributed by atoms with Crippen LogP contribution in [0.4, 0.5) is 13.2 Å². The molecule has 1 aliphatic heterocycles. The van der Waals surface area contributed by atoms with Gasteiger partial charge in [-0.05, 0) is 19.8 Å². The molecule has 1 saturated heterocycles. The van der Waals surface area contributed by atoms with Crippen molar-refractivity contribution in [2.75, 3.05) is 13.2 Å². The third-order valence-corrected chi connectivity index (χ3v) is 2.17. The molecule has 0 spiro atoms. The smallest absolute Gasteiger partial charge is 0.326 e. The number of hydrogen-bond acceptors (Lipinski definition) is 3. The van der Waals surface area contributed by atoms with Gasteiger partial charge in [0.15, 0.2) is 0 Å². The Balaban J connectivity index is 2.66. The summed E-state index contributed by atoms with van der Waals surface area (Å²) >= 11 is 0. The molecule has 1 heterocycles. The standard InChI is InChI=1S/C8H15F3N2O/c1-6(12)7(8(9,10)11)13-4-2-3-5-14-13/h6-7H,2-5,12H2,1H3. The van der Waals surface area contributed by atoms with E-state index in [0.29, 0.717) is 13.2 Å². The van der Waals surface area contributed by atoms with Crippen LogP contribution in [-0.2, 0) is 4.84 Å². The second kappa shape index (κ2) is 4.46. The van der Waals surface area contributed by atoms with Gasteiger partial charge < -0.3 is 5.73 Å². The highest BCUT2D eigenvalue weighted by Crippen LogP contribution is 2.28. The van der Waals surface area contributed by atoms with Crippen molar-refractivity contribution in [1.82, 2.24) is 5.06 Å². The van der Waals surface area contributed by atoms with E-state index in [4.69, 9.17) is 10.6 Å². The maximum Gasteiger partial charge on any atom is 0.407 e. The summed E-state index contributed by atoms with van der Waals surface area (Å²) in [4.78, 5) is 4.96. The van der Waals surface area contributed by atoms with E-state index in [2.05, 4.69) is 0 Å². The molecule has 1 aliphatic rings. The van der Waals surface area contributed by atoms with Crippen LogP contribution in [0.1, 0.15) is 19.8 Å². The molecule has 0 amide bonds. The predicted molar refractivity (Wildman–Crippen MR) is 45.4 cm³/mol. The molecule has 2 unspecified atom stereocenters. The lowest BCUT2D eigenvalue weighted by Gasteiger charge is -2.36. The van der Waals surface area contributed by atoms with Crippen LogP contribution < -0.4 is 5.73 Å². The number of halogens is 3. The summed E-state index contributed by atoms with van der Waals surface area (Å²) in [6.07, 6.45) is -2.80. The fraction of sp³-hybridized carbons (Fsp3) is 1.00. The lowest BCUT2D eigenvalue weighted by atomic mass is 10.1. The Morgan fingerprint density at radius 1 is 1.36 bits per heavy atom. The molecule has 0 aromatic heterocycles. The fourth-order valence-electron chi connectivity index (χ4n) is 1.56. The maximum absolute atomic E-state index is 12.6. The number of hydroxylamine groups is 2. The number of rotatable bonds is 2. The average molecular weight is 212 g/mol. The summed E-state index contributed by atoms with van der Waals surface area (Å²) in [6, 6.07) is -2.67. The second-order valence-corrected chi connectivity index (χ2v) is 3.53. The van der Waals surface area contributed by atoms with E-state index in [1.54, 1.807) is 0 Å². The molecule has 2 N–H and O–H groups in total. The molecular weight excluding hydrogens is 197 g/mol. The Kier molecular flexibility index (Phi) is 3.74. The quantitative estimate of drug-likeness (QED) is 0.749. The lowest BCUT2D eigenvalue weighted by Crippen LogP contribution is -2.56. The third kappa shape index (κ3) is 2.83. The van der Waals surface area contributed by atoms with Crippen molar-refractivity contribution >= 4 is 0 Å². The monoisotopic (exact) mass is 212 g/mol. The number of nitrogens with zero attached hydrogens (tertiary/aromatic N) is 1. The second-order valence-electron chi connectivity index (χ2n) is 3.53. The van der Waals surface area contributed by atoms with Crippen LogP contribution in [0.25, 0.3) is 0 Å². The van der Waals surface area contributed by atoms with Crippen molar-refractivity contribution in [3.05, 3.63) is 0 Å². The third-order valence-electron chi connectivity index (χ3n) is 2.17. The highest BCUT2D eigenvalue weighted by molar-refractivity contribution is 4.83.